The Morgan fingerprint density at radius 1 is 0.909 bits per heavy atom. The van der Waals surface area contributed by atoms with Crippen LogP contribution in [0.1, 0.15) is 12.8 Å². The van der Waals surface area contributed by atoms with Crippen molar-refractivity contribution in [3.8, 4) is 0 Å². The molecule has 5 heteroatoms. The minimum atomic E-state index is -0.852. The van der Waals surface area contributed by atoms with Crippen LogP contribution >= 0.6 is 0 Å². The van der Waals surface area contributed by atoms with Crippen LogP contribution in [0.3, 0.4) is 0 Å². The predicted molar refractivity (Wildman–Crippen MR) is 43.9 cm³/mol. The average molecular weight is 180 g/mol. The first-order valence-electron chi connectivity index (χ1n) is 3.79. The largest absolute Gasteiger partial charge is 0.399 e. The highest BCUT2D eigenvalue weighted by molar-refractivity contribution is 6.17. The van der Waals surface area contributed by atoms with Gasteiger partial charge in [0.05, 0.1) is 0 Å². The van der Waals surface area contributed by atoms with Crippen LogP contribution in [-0.4, -0.2) is 46.6 Å². The van der Waals surface area contributed by atoms with Gasteiger partial charge in [0.25, 0.3) is 0 Å². The lowest BCUT2D eigenvalue weighted by molar-refractivity contribution is 0.181. The number of hydrogen-bond donors (Lipinski definition) is 2. The molecule has 0 aromatic heterocycles. The fourth-order valence-electron chi connectivity index (χ4n) is 0.510. The Morgan fingerprint density at radius 2 is 1.36 bits per heavy atom. The van der Waals surface area contributed by atoms with E-state index in [-0.39, 0.29) is 13.2 Å². The van der Waals surface area contributed by atoms with Crippen LogP contribution in [0, 0.1) is 0 Å². The van der Waals surface area contributed by atoms with E-state index in [4.69, 9.17) is 19.1 Å². The summed E-state index contributed by atoms with van der Waals surface area (Å²) in [6, 6.07) is 0. The minimum Gasteiger partial charge on any atom is -0.399 e. The molecule has 0 aromatic carbocycles. The van der Waals surface area contributed by atoms with Gasteiger partial charge in [-0.05, 0) is 12.8 Å². The average Bonchev–Trinajstić information content (AvgIpc) is 2.03. The number of rotatable bonds is 8. The van der Waals surface area contributed by atoms with Crippen molar-refractivity contribution >= 4 is 10.0 Å². The molecule has 0 aliphatic rings. The van der Waals surface area contributed by atoms with E-state index >= 15 is 0 Å². The van der Waals surface area contributed by atoms with Gasteiger partial charge < -0.3 is 19.1 Å². The molecule has 0 spiro atoms. The standard InChI is InChI=1S/C6H16O4Si/c7-3-1-5-9-11-10-6-2-4-8/h7-8H,1-6,11H2. The summed E-state index contributed by atoms with van der Waals surface area (Å²) in [4.78, 5) is 0. The van der Waals surface area contributed by atoms with E-state index in [1.54, 1.807) is 0 Å². The Hall–Kier alpha value is 0.0569. The van der Waals surface area contributed by atoms with Gasteiger partial charge in [0.2, 0.25) is 0 Å². The Balaban J connectivity index is 2.69. The Labute approximate surface area is 69.2 Å². The first kappa shape index (κ1) is 11.1. The summed E-state index contributed by atoms with van der Waals surface area (Å²) >= 11 is 0. The molecule has 0 unspecified atom stereocenters. The summed E-state index contributed by atoms with van der Waals surface area (Å²) in [5.41, 5.74) is 0. The molecule has 0 atom stereocenters. The van der Waals surface area contributed by atoms with Crippen LogP contribution in [0.4, 0.5) is 0 Å². The van der Waals surface area contributed by atoms with Crippen molar-refractivity contribution < 1.29 is 19.1 Å². The summed E-state index contributed by atoms with van der Waals surface area (Å²) in [5, 5.41) is 16.7. The molecule has 0 saturated carbocycles. The van der Waals surface area contributed by atoms with Gasteiger partial charge in [0, 0.05) is 26.4 Å². The van der Waals surface area contributed by atoms with Gasteiger partial charge in [0.15, 0.2) is 0 Å². The third-order valence-electron chi connectivity index (χ3n) is 1.06. The van der Waals surface area contributed by atoms with Crippen LogP contribution in [0.15, 0.2) is 0 Å². The Morgan fingerprint density at radius 3 is 1.73 bits per heavy atom. The Bertz CT molecular complexity index is 63.6. The smallest absolute Gasteiger partial charge is 0.304 e. The van der Waals surface area contributed by atoms with Gasteiger partial charge in [-0.1, -0.05) is 0 Å². The normalized spacial score (nSPS) is 10.4. The lowest BCUT2D eigenvalue weighted by Crippen LogP contribution is -2.08. The lowest BCUT2D eigenvalue weighted by atomic mass is 10.5. The number of hydrogen-bond acceptors (Lipinski definition) is 4. The molecule has 0 saturated heterocycles. The fourth-order valence-corrected chi connectivity index (χ4v) is 1.27. The topological polar surface area (TPSA) is 58.9 Å². The van der Waals surface area contributed by atoms with Crippen LogP contribution in [0.2, 0.25) is 0 Å². The SMILES string of the molecule is OCCCO[SiH2]OCCCO. The van der Waals surface area contributed by atoms with E-state index in [2.05, 4.69) is 0 Å². The van der Waals surface area contributed by atoms with Crippen molar-refractivity contribution in [3.63, 3.8) is 0 Å². The summed E-state index contributed by atoms with van der Waals surface area (Å²) in [6.45, 7) is 1.51. The van der Waals surface area contributed by atoms with E-state index in [1.807, 2.05) is 0 Å². The summed E-state index contributed by atoms with van der Waals surface area (Å²) in [7, 11) is -0.852. The molecule has 0 aromatic rings. The first-order chi connectivity index (χ1) is 5.41. The lowest BCUT2D eigenvalue weighted by Gasteiger charge is -2.02. The van der Waals surface area contributed by atoms with Crippen molar-refractivity contribution in [1.29, 1.82) is 0 Å². The van der Waals surface area contributed by atoms with Crippen LogP contribution in [0.25, 0.3) is 0 Å². The van der Waals surface area contributed by atoms with Gasteiger partial charge >= 0.3 is 10.0 Å². The van der Waals surface area contributed by atoms with Gasteiger partial charge in [-0.3, -0.25) is 0 Å². The molecule has 0 bridgehead atoms. The molecule has 4 nitrogen and oxygen atoms in total. The fraction of sp³-hybridized carbons (Fsp3) is 1.00. The van der Waals surface area contributed by atoms with Crippen molar-refractivity contribution in [1.82, 2.24) is 0 Å². The molecule has 0 heterocycles. The maximum absolute atomic E-state index is 8.37. The molecule has 0 rings (SSSR count). The second-order valence-corrected chi connectivity index (χ2v) is 3.14. The van der Waals surface area contributed by atoms with E-state index in [0.717, 1.165) is 0 Å². The van der Waals surface area contributed by atoms with Crippen molar-refractivity contribution in [2.45, 2.75) is 12.8 Å². The van der Waals surface area contributed by atoms with Crippen molar-refractivity contribution in [2.75, 3.05) is 26.4 Å². The molecular formula is C6H16O4Si. The van der Waals surface area contributed by atoms with Gasteiger partial charge in [0.1, 0.15) is 0 Å². The molecule has 2 N–H and O–H groups in total. The maximum Gasteiger partial charge on any atom is 0.304 e. The molecule has 11 heavy (non-hydrogen) atoms. The van der Waals surface area contributed by atoms with E-state index in [9.17, 15) is 0 Å². The van der Waals surface area contributed by atoms with Crippen LogP contribution < -0.4 is 0 Å². The molecule has 68 valence electrons. The second-order valence-electron chi connectivity index (χ2n) is 2.09. The molecule has 0 aliphatic carbocycles. The highest BCUT2D eigenvalue weighted by atomic mass is 28.3. The van der Waals surface area contributed by atoms with Gasteiger partial charge in [-0.2, -0.15) is 0 Å². The third-order valence-corrected chi connectivity index (χ3v) is 1.97. The molecule has 0 amide bonds. The Kier molecular flexibility index (Phi) is 10.1. The quantitative estimate of drug-likeness (QED) is 0.363. The van der Waals surface area contributed by atoms with Crippen LogP contribution in [-0.2, 0) is 8.85 Å². The van der Waals surface area contributed by atoms with Gasteiger partial charge in [-0.15, -0.1) is 0 Å². The monoisotopic (exact) mass is 180 g/mol. The zero-order chi connectivity index (χ0) is 8.36. The summed E-state index contributed by atoms with van der Waals surface area (Å²) < 4.78 is 10.2. The zero-order valence-electron chi connectivity index (χ0n) is 6.66. The molecule has 0 radical (unpaired) electrons. The summed E-state index contributed by atoms with van der Waals surface area (Å²) in [5.74, 6) is 0. The van der Waals surface area contributed by atoms with Crippen molar-refractivity contribution in [2.24, 2.45) is 0 Å². The first-order valence-corrected chi connectivity index (χ1v) is 4.94. The van der Waals surface area contributed by atoms with Gasteiger partial charge in [-0.25, -0.2) is 0 Å². The highest BCUT2D eigenvalue weighted by Gasteiger charge is 1.89. The highest BCUT2D eigenvalue weighted by Crippen LogP contribution is 1.82. The second kappa shape index (κ2) is 10.1. The number of aliphatic hydroxyl groups excluding tert-OH is 2. The zero-order valence-corrected chi connectivity index (χ0v) is 8.07. The third kappa shape index (κ3) is 10.1. The number of aliphatic hydroxyl groups is 2. The predicted octanol–water partition coefficient (Wildman–Crippen LogP) is -1.22. The molecule has 0 aliphatic heterocycles. The van der Waals surface area contributed by atoms with Crippen LogP contribution in [0.5, 0.6) is 0 Å². The van der Waals surface area contributed by atoms with Crippen molar-refractivity contribution in [3.05, 3.63) is 0 Å². The summed E-state index contributed by atoms with van der Waals surface area (Å²) in [6.07, 6.45) is 1.35. The van der Waals surface area contributed by atoms with E-state index < -0.39 is 10.0 Å². The minimum absolute atomic E-state index is 0.172. The molecule has 0 fully saturated rings. The van der Waals surface area contributed by atoms with E-state index in [0.29, 0.717) is 26.1 Å². The maximum atomic E-state index is 8.37. The van der Waals surface area contributed by atoms with E-state index in [1.165, 1.54) is 0 Å². The molecular weight excluding hydrogens is 164 g/mol.